The van der Waals surface area contributed by atoms with Gasteiger partial charge in [0.2, 0.25) is 0 Å². The number of anilines is 1. The Morgan fingerprint density at radius 2 is 2.47 bits per heavy atom. The Morgan fingerprint density at radius 3 is 3.00 bits per heavy atom. The maximum absolute atomic E-state index is 5.79. The van der Waals surface area contributed by atoms with Crippen molar-refractivity contribution in [2.75, 3.05) is 26.1 Å². The maximum Gasteiger partial charge on any atom is 0.173 e. The fourth-order valence-corrected chi connectivity index (χ4v) is 1.97. The van der Waals surface area contributed by atoms with Crippen molar-refractivity contribution in [2.24, 2.45) is 0 Å². The summed E-state index contributed by atoms with van der Waals surface area (Å²) in [6.45, 7) is 1.20. The summed E-state index contributed by atoms with van der Waals surface area (Å²) < 4.78 is 16.2. The van der Waals surface area contributed by atoms with Gasteiger partial charge in [0.15, 0.2) is 17.2 Å². The lowest BCUT2D eigenvalue weighted by Gasteiger charge is -2.34. The van der Waals surface area contributed by atoms with E-state index < -0.39 is 5.60 Å². The molecule has 0 radical (unpaired) electrons. The quantitative estimate of drug-likeness (QED) is 0.817. The summed E-state index contributed by atoms with van der Waals surface area (Å²) in [6, 6.07) is 1.71. The molecule has 1 saturated heterocycles. The van der Waals surface area contributed by atoms with E-state index >= 15 is 0 Å². The van der Waals surface area contributed by atoms with Crippen LogP contribution in [0.5, 0.6) is 0 Å². The molecule has 1 aliphatic heterocycles. The van der Waals surface area contributed by atoms with E-state index in [-0.39, 0.29) is 0 Å². The van der Waals surface area contributed by atoms with Crippen molar-refractivity contribution in [3.05, 3.63) is 11.8 Å². The molecule has 5 nitrogen and oxygen atoms in total. The van der Waals surface area contributed by atoms with Crippen molar-refractivity contribution in [3.63, 3.8) is 0 Å². The summed E-state index contributed by atoms with van der Waals surface area (Å²) in [6.07, 6.45) is 3.06. The molecule has 5 heteroatoms. The molecule has 0 aliphatic carbocycles. The molecule has 0 bridgehead atoms. The maximum atomic E-state index is 5.79. The van der Waals surface area contributed by atoms with Crippen LogP contribution in [0.3, 0.4) is 0 Å². The van der Waals surface area contributed by atoms with E-state index in [2.05, 4.69) is 5.16 Å². The summed E-state index contributed by atoms with van der Waals surface area (Å²) in [5.41, 5.74) is 5.05. The largest absolute Gasteiger partial charge is 0.381 e. The van der Waals surface area contributed by atoms with Gasteiger partial charge in [-0.3, -0.25) is 0 Å². The highest BCUT2D eigenvalue weighted by atomic mass is 16.6. The smallest absolute Gasteiger partial charge is 0.173 e. The minimum atomic E-state index is -0.488. The molecule has 1 aliphatic rings. The second kappa shape index (κ2) is 4.20. The lowest BCUT2D eigenvalue weighted by Crippen LogP contribution is -2.37. The number of nitrogens with zero attached hydrogens (tertiary/aromatic N) is 1. The normalized spacial score (nSPS) is 26.7. The van der Waals surface area contributed by atoms with E-state index in [0.29, 0.717) is 18.2 Å². The van der Waals surface area contributed by atoms with E-state index in [4.69, 9.17) is 19.7 Å². The predicted molar refractivity (Wildman–Crippen MR) is 54.3 cm³/mol. The monoisotopic (exact) mass is 212 g/mol. The number of rotatable bonds is 3. The van der Waals surface area contributed by atoms with E-state index in [1.807, 2.05) is 0 Å². The predicted octanol–water partition coefficient (Wildman–Crippen LogP) is 1.30. The average Bonchev–Trinajstić information content (AvgIpc) is 2.67. The number of nitrogen functional groups attached to an aromatic ring is 1. The lowest BCUT2D eigenvalue weighted by atomic mass is 9.92. The number of ether oxygens (including phenoxy) is 2. The first-order chi connectivity index (χ1) is 7.27. The molecule has 0 aromatic carbocycles. The van der Waals surface area contributed by atoms with Gasteiger partial charge in [-0.15, -0.1) is 0 Å². The van der Waals surface area contributed by atoms with Gasteiger partial charge in [-0.25, -0.2) is 0 Å². The van der Waals surface area contributed by atoms with Crippen LogP contribution in [0, 0.1) is 0 Å². The first-order valence-corrected chi connectivity index (χ1v) is 5.12. The minimum Gasteiger partial charge on any atom is -0.381 e. The van der Waals surface area contributed by atoms with E-state index in [9.17, 15) is 0 Å². The summed E-state index contributed by atoms with van der Waals surface area (Å²) in [5, 5.41) is 3.69. The molecule has 15 heavy (non-hydrogen) atoms. The van der Waals surface area contributed by atoms with Gasteiger partial charge < -0.3 is 19.7 Å². The van der Waals surface area contributed by atoms with Crippen molar-refractivity contribution >= 4 is 5.82 Å². The molecule has 2 N–H and O–H groups in total. The summed E-state index contributed by atoms with van der Waals surface area (Å²) in [7, 11) is 1.65. The third kappa shape index (κ3) is 1.98. The molecule has 1 unspecified atom stereocenters. The SMILES string of the molecule is COCC1(c2cc(N)no2)CCCCO1. The first-order valence-electron chi connectivity index (χ1n) is 5.12. The molecule has 1 atom stereocenters. The summed E-state index contributed by atoms with van der Waals surface area (Å²) in [4.78, 5) is 0. The molecular weight excluding hydrogens is 196 g/mol. The topological polar surface area (TPSA) is 70.5 Å². The summed E-state index contributed by atoms with van der Waals surface area (Å²) in [5.74, 6) is 1.05. The Hall–Kier alpha value is -1.07. The van der Waals surface area contributed by atoms with Crippen LogP contribution in [-0.4, -0.2) is 25.5 Å². The third-order valence-corrected chi connectivity index (χ3v) is 2.71. The van der Waals surface area contributed by atoms with Crippen LogP contribution >= 0.6 is 0 Å². The zero-order valence-corrected chi connectivity index (χ0v) is 8.86. The minimum absolute atomic E-state index is 0.384. The number of hydrogen-bond donors (Lipinski definition) is 1. The zero-order chi connectivity index (χ0) is 10.7. The van der Waals surface area contributed by atoms with Crippen LogP contribution in [0.2, 0.25) is 0 Å². The lowest BCUT2D eigenvalue weighted by molar-refractivity contribution is -0.134. The van der Waals surface area contributed by atoms with Crippen molar-refractivity contribution < 1.29 is 14.0 Å². The molecule has 2 rings (SSSR count). The van der Waals surface area contributed by atoms with Crippen molar-refractivity contribution in [2.45, 2.75) is 24.9 Å². The van der Waals surface area contributed by atoms with Crippen LogP contribution in [-0.2, 0) is 15.1 Å². The van der Waals surface area contributed by atoms with Crippen molar-refractivity contribution in [1.82, 2.24) is 5.16 Å². The van der Waals surface area contributed by atoms with E-state index in [1.54, 1.807) is 13.2 Å². The second-order valence-electron chi connectivity index (χ2n) is 3.85. The molecule has 0 saturated carbocycles. The van der Waals surface area contributed by atoms with Gasteiger partial charge in [0.25, 0.3) is 0 Å². The van der Waals surface area contributed by atoms with Gasteiger partial charge in [0.05, 0.1) is 6.61 Å². The molecule has 2 heterocycles. The van der Waals surface area contributed by atoms with Gasteiger partial charge >= 0.3 is 0 Å². The second-order valence-corrected chi connectivity index (χ2v) is 3.85. The molecule has 0 amide bonds. The zero-order valence-electron chi connectivity index (χ0n) is 8.86. The van der Waals surface area contributed by atoms with Gasteiger partial charge in [-0.05, 0) is 19.3 Å². The standard InChI is InChI=1S/C10H16N2O3/c1-13-7-10(4-2-3-5-14-10)8-6-9(11)12-15-8/h6H,2-5,7H2,1H3,(H2,11,12). The Balaban J connectivity index is 2.24. The van der Waals surface area contributed by atoms with Gasteiger partial charge in [-0.2, -0.15) is 0 Å². The van der Waals surface area contributed by atoms with E-state index in [0.717, 1.165) is 25.9 Å². The van der Waals surface area contributed by atoms with Gasteiger partial charge in [0.1, 0.15) is 0 Å². The van der Waals surface area contributed by atoms with E-state index in [1.165, 1.54) is 0 Å². The van der Waals surface area contributed by atoms with Crippen LogP contribution in [0.4, 0.5) is 5.82 Å². The average molecular weight is 212 g/mol. The molecule has 1 fully saturated rings. The Labute approximate surface area is 88.5 Å². The third-order valence-electron chi connectivity index (χ3n) is 2.71. The summed E-state index contributed by atoms with van der Waals surface area (Å²) >= 11 is 0. The number of methoxy groups -OCH3 is 1. The molecule has 1 aromatic rings. The van der Waals surface area contributed by atoms with Crippen LogP contribution in [0.1, 0.15) is 25.0 Å². The van der Waals surface area contributed by atoms with Crippen LogP contribution in [0.25, 0.3) is 0 Å². The fraction of sp³-hybridized carbons (Fsp3) is 0.700. The molecule has 0 spiro atoms. The Morgan fingerprint density at radius 1 is 1.60 bits per heavy atom. The molecule has 1 aromatic heterocycles. The Kier molecular flexibility index (Phi) is 2.93. The highest BCUT2D eigenvalue weighted by Gasteiger charge is 2.39. The molecule has 84 valence electrons. The highest BCUT2D eigenvalue weighted by Crippen LogP contribution is 2.36. The van der Waals surface area contributed by atoms with Gasteiger partial charge in [0, 0.05) is 19.8 Å². The van der Waals surface area contributed by atoms with Crippen LogP contribution in [0.15, 0.2) is 10.6 Å². The fourth-order valence-electron chi connectivity index (χ4n) is 1.97. The number of nitrogens with two attached hydrogens (primary N) is 1. The Bertz CT molecular complexity index is 313. The number of hydrogen-bond acceptors (Lipinski definition) is 5. The van der Waals surface area contributed by atoms with Crippen molar-refractivity contribution in [1.29, 1.82) is 0 Å². The van der Waals surface area contributed by atoms with Gasteiger partial charge in [-0.1, -0.05) is 5.16 Å². The van der Waals surface area contributed by atoms with Crippen LogP contribution < -0.4 is 5.73 Å². The van der Waals surface area contributed by atoms with Crippen molar-refractivity contribution in [3.8, 4) is 0 Å². The highest BCUT2D eigenvalue weighted by molar-refractivity contribution is 5.29. The number of aromatic nitrogens is 1. The molecular formula is C10H16N2O3. The first kappa shape index (κ1) is 10.4.